The Balaban J connectivity index is 1.72. The first-order valence-electron chi connectivity index (χ1n) is 10.8. The molecule has 2 aliphatic rings. The first-order valence-corrected chi connectivity index (χ1v) is 11.2. The Hall–Kier alpha value is -3.38. The van der Waals surface area contributed by atoms with E-state index in [1.165, 1.54) is 6.20 Å². The van der Waals surface area contributed by atoms with Gasteiger partial charge in [-0.15, -0.1) is 0 Å². The number of pyridine rings is 1. The minimum Gasteiger partial charge on any atom is -0.501 e. The summed E-state index contributed by atoms with van der Waals surface area (Å²) in [5.74, 6) is -0.359. The second-order valence-electron chi connectivity index (χ2n) is 8.43. The third-order valence-electron chi connectivity index (χ3n) is 5.88. The van der Waals surface area contributed by atoms with Crippen LogP contribution in [-0.2, 0) is 20.9 Å². The molecule has 1 aromatic heterocycles. The number of hydrogen-bond acceptors (Lipinski definition) is 5. The molecule has 0 radical (unpaired) electrons. The van der Waals surface area contributed by atoms with Crippen molar-refractivity contribution in [3.63, 3.8) is 0 Å². The Labute approximate surface area is 198 Å². The van der Waals surface area contributed by atoms with Gasteiger partial charge in [0, 0.05) is 35.5 Å². The van der Waals surface area contributed by atoms with Gasteiger partial charge in [0.15, 0.2) is 0 Å². The Bertz CT molecular complexity index is 1150. The zero-order valence-electron chi connectivity index (χ0n) is 18.8. The molecular weight excluding hydrogens is 438 g/mol. The van der Waals surface area contributed by atoms with Crippen LogP contribution in [0, 0.1) is 5.92 Å². The predicted molar refractivity (Wildman–Crippen MR) is 128 cm³/mol. The molecule has 1 aliphatic carbocycles. The molecule has 1 unspecified atom stereocenters. The monoisotopic (exact) mass is 463 g/mol. The molecule has 1 atom stereocenters. The summed E-state index contributed by atoms with van der Waals surface area (Å²) in [6.45, 7) is 4.72. The number of hydrogen-bond donors (Lipinski definition) is 1. The Morgan fingerprint density at radius 2 is 1.97 bits per heavy atom. The average molecular weight is 464 g/mol. The van der Waals surface area contributed by atoms with Crippen molar-refractivity contribution >= 4 is 29.0 Å². The van der Waals surface area contributed by atoms with Crippen molar-refractivity contribution in [1.29, 1.82) is 0 Å². The third kappa shape index (κ3) is 4.71. The van der Waals surface area contributed by atoms with Crippen molar-refractivity contribution in [2.24, 2.45) is 5.92 Å². The number of fused-ring (bicyclic) bond motifs is 1. The number of anilines is 1. The van der Waals surface area contributed by atoms with E-state index in [1.54, 1.807) is 25.4 Å². The van der Waals surface area contributed by atoms with Crippen LogP contribution in [0.25, 0.3) is 0 Å². The van der Waals surface area contributed by atoms with Crippen LogP contribution in [0.2, 0.25) is 5.02 Å². The van der Waals surface area contributed by atoms with Crippen LogP contribution in [0.1, 0.15) is 25.8 Å². The number of benzene rings is 1. The highest BCUT2D eigenvalue weighted by atomic mass is 35.5. The quantitative estimate of drug-likeness (QED) is 0.591. The molecule has 1 N–H and O–H groups in total. The number of ether oxygens (including phenoxy) is 1. The van der Waals surface area contributed by atoms with E-state index in [-0.39, 0.29) is 12.0 Å². The summed E-state index contributed by atoms with van der Waals surface area (Å²) in [6, 6.07) is 10.8. The first kappa shape index (κ1) is 22.8. The van der Waals surface area contributed by atoms with Crippen molar-refractivity contribution in [2.75, 3.05) is 12.4 Å². The number of carbonyl (C=O) groups excluding carboxylic acids is 2. The summed E-state index contributed by atoms with van der Waals surface area (Å²) < 4.78 is 5.48. The largest absolute Gasteiger partial charge is 0.501 e. The lowest BCUT2D eigenvalue weighted by Gasteiger charge is -2.33. The molecule has 170 valence electrons. The second-order valence-corrected chi connectivity index (χ2v) is 8.86. The zero-order chi connectivity index (χ0) is 23.5. The third-order valence-corrected chi connectivity index (χ3v) is 6.14. The topological polar surface area (TPSA) is 71.5 Å². The van der Waals surface area contributed by atoms with Gasteiger partial charge in [-0.1, -0.05) is 37.6 Å². The van der Waals surface area contributed by atoms with Gasteiger partial charge in [-0.2, -0.15) is 0 Å². The SMILES string of the molecule is COC1=CC=C2C(=C(C(=O)C(=O)Nc3cccnc3)C(C(C)C)N2Cc2ccc(Cl)cc2)C1. The first-order chi connectivity index (χ1) is 15.9. The Morgan fingerprint density at radius 3 is 2.61 bits per heavy atom. The van der Waals surface area contributed by atoms with Crippen molar-refractivity contribution in [3.05, 3.63) is 94.1 Å². The molecule has 6 nitrogen and oxygen atoms in total. The minimum atomic E-state index is -0.669. The number of ketones is 1. The number of nitrogens with zero attached hydrogens (tertiary/aromatic N) is 2. The van der Waals surface area contributed by atoms with E-state index in [0.717, 1.165) is 22.6 Å². The molecule has 0 saturated heterocycles. The van der Waals surface area contributed by atoms with E-state index in [4.69, 9.17) is 16.3 Å². The highest BCUT2D eigenvalue weighted by molar-refractivity contribution is 6.47. The maximum Gasteiger partial charge on any atom is 0.296 e. The maximum absolute atomic E-state index is 13.5. The summed E-state index contributed by atoms with van der Waals surface area (Å²) in [4.78, 5) is 32.7. The molecule has 1 aliphatic heterocycles. The van der Waals surface area contributed by atoms with Crippen molar-refractivity contribution in [1.82, 2.24) is 9.88 Å². The molecule has 4 rings (SSSR count). The van der Waals surface area contributed by atoms with Gasteiger partial charge in [-0.3, -0.25) is 14.6 Å². The molecule has 1 aromatic carbocycles. The number of amides is 1. The zero-order valence-corrected chi connectivity index (χ0v) is 19.6. The normalized spacial score (nSPS) is 17.5. The van der Waals surface area contributed by atoms with Gasteiger partial charge < -0.3 is 15.0 Å². The summed E-state index contributed by atoms with van der Waals surface area (Å²) >= 11 is 6.07. The van der Waals surface area contributed by atoms with E-state index in [0.29, 0.717) is 29.2 Å². The molecule has 0 bridgehead atoms. The van der Waals surface area contributed by atoms with Crippen LogP contribution in [0.4, 0.5) is 5.69 Å². The van der Waals surface area contributed by atoms with Gasteiger partial charge in [0.2, 0.25) is 5.78 Å². The fourth-order valence-corrected chi connectivity index (χ4v) is 4.53. The van der Waals surface area contributed by atoms with Gasteiger partial charge in [0.1, 0.15) is 5.76 Å². The maximum atomic E-state index is 13.5. The second kappa shape index (κ2) is 9.63. The smallest absolute Gasteiger partial charge is 0.296 e. The van der Waals surface area contributed by atoms with Gasteiger partial charge in [-0.25, -0.2) is 0 Å². The van der Waals surface area contributed by atoms with E-state index in [9.17, 15) is 9.59 Å². The van der Waals surface area contributed by atoms with Crippen LogP contribution in [0.15, 0.2) is 83.5 Å². The van der Waals surface area contributed by atoms with Gasteiger partial charge in [0.25, 0.3) is 5.91 Å². The molecule has 1 amide bonds. The lowest BCUT2D eigenvalue weighted by molar-refractivity contribution is -0.132. The summed E-state index contributed by atoms with van der Waals surface area (Å²) in [5.41, 5.74) is 3.86. The number of aromatic nitrogens is 1. The van der Waals surface area contributed by atoms with Crippen LogP contribution in [0.5, 0.6) is 0 Å². The van der Waals surface area contributed by atoms with Crippen molar-refractivity contribution in [2.45, 2.75) is 32.9 Å². The van der Waals surface area contributed by atoms with E-state index in [1.807, 2.05) is 36.4 Å². The van der Waals surface area contributed by atoms with Crippen LogP contribution in [-0.4, -0.2) is 34.7 Å². The van der Waals surface area contributed by atoms with Crippen molar-refractivity contribution < 1.29 is 14.3 Å². The Kier molecular flexibility index (Phi) is 6.65. The Morgan fingerprint density at radius 1 is 1.21 bits per heavy atom. The molecule has 2 aromatic rings. The molecule has 33 heavy (non-hydrogen) atoms. The number of halogens is 1. The van der Waals surface area contributed by atoms with Gasteiger partial charge in [0.05, 0.1) is 25.0 Å². The molecule has 0 saturated carbocycles. The lowest BCUT2D eigenvalue weighted by Crippen LogP contribution is -2.39. The van der Waals surface area contributed by atoms with Crippen LogP contribution in [0.3, 0.4) is 0 Å². The number of nitrogens with one attached hydrogen (secondary N) is 1. The van der Waals surface area contributed by atoms with Gasteiger partial charge >= 0.3 is 0 Å². The van der Waals surface area contributed by atoms with E-state index >= 15 is 0 Å². The average Bonchev–Trinajstić information content (AvgIpc) is 3.14. The number of methoxy groups -OCH3 is 1. The molecule has 2 heterocycles. The van der Waals surface area contributed by atoms with Gasteiger partial charge in [-0.05, 0) is 53.5 Å². The summed E-state index contributed by atoms with van der Waals surface area (Å²) in [5, 5.41) is 3.36. The fourth-order valence-electron chi connectivity index (χ4n) is 4.40. The highest BCUT2D eigenvalue weighted by Crippen LogP contribution is 2.43. The van der Waals surface area contributed by atoms with Crippen LogP contribution < -0.4 is 5.32 Å². The molecule has 0 fully saturated rings. The van der Waals surface area contributed by atoms with Crippen molar-refractivity contribution in [3.8, 4) is 0 Å². The number of allylic oxidation sites excluding steroid dienone is 4. The number of Topliss-reactive ketones (excluding diaryl/α,β-unsaturated/α-hetero) is 1. The summed E-state index contributed by atoms with van der Waals surface area (Å²) in [6.07, 6.45) is 7.49. The molecular formula is C26H26ClN3O3. The van der Waals surface area contributed by atoms with E-state index < -0.39 is 11.7 Å². The fraction of sp³-hybridized carbons (Fsp3) is 0.269. The number of rotatable bonds is 7. The predicted octanol–water partition coefficient (Wildman–Crippen LogP) is 4.90. The molecule has 0 spiro atoms. The van der Waals surface area contributed by atoms with E-state index in [2.05, 4.69) is 29.0 Å². The van der Waals surface area contributed by atoms with Crippen LogP contribution >= 0.6 is 11.6 Å². The lowest BCUT2D eigenvalue weighted by atomic mass is 9.89. The molecule has 7 heteroatoms. The highest BCUT2D eigenvalue weighted by Gasteiger charge is 2.43. The number of carbonyl (C=O) groups is 2. The summed E-state index contributed by atoms with van der Waals surface area (Å²) in [7, 11) is 1.61. The standard InChI is InChI=1S/C26H26ClN3O3/c1-16(2)24-23(25(31)26(32)29-19-5-4-12-28-14-19)21-13-20(33-3)10-11-22(21)30(24)15-17-6-8-18(27)9-7-17/h4-12,14,16,24H,13,15H2,1-3H3,(H,29,32). The minimum absolute atomic E-state index is 0.0902.